The van der Waals surface area contributed by atoms with Gasteiger partial charge in [0.05, 0.1) is 17.9 Å². The van der Waals surface area contributed by atoms with E-state index in [1.54, 1.807) is 4.68 Å². The normalized spacial score (nSPS) is 19.3. The number of aromatic nitrogens is 2. The molecule has 1 aliphatic rings. The molecule has 1 fully saturated rings. The maximum Gasteiger partial charge on any atom is 0.272 e. The zero-order valence-electron chi connectivity index (χ0n) is 18.4. The fraction of sp³-hybridized carbons (Fsp3) is 0.360. The van der Waals surface area contributed by atoms with Crippen molar-refractivity contribution in [2.24, 2.45) is 0 Å². The van der Waals surface area contributed by atoms with E-state index >= 15 is 0 Å². The lowest BCUT2D eigenvalue weighted by Gasteiger charge is -2.35. The molecule has 2 heterocycles. The van der Waals surface area contributed by atoms with E-state index in [0.717, 1.165) is 36.6 Å². The molecule has 162 valence electrons. The molecule has 0 bridgehead atoms. The fourth-order valence-electron chi connectivity index (χ4n) is 4.12. The maximum absolute atomic E-state index is 12.6. The summed E-state index contributed by atoms with van der Waals surface area (Å²) in [4.78, 5) is 15.0. The van der Waals surface area contributed by atoms with Crippen molar-refractivity contribution < 1.29 is 9.53 Å². The van der Waals surface area contributed by atoms with Crippen LogP contribution in [0.5, 0.6) is 0 Å². The van der Waals surface area contributed by atoms with Crippen LogP contribution in [0.4, 0.5) is 0 Å². The molecule has 1 N–H and O–H groups in total. The van der Waals surface area contributed by atoms with Gasteiger partial charge < -0.3 is 10.1 Å². The van der Waals surface area contributed by atoms with E-state index in [9.17, 15) is 4.79 Å². The van der Waals surface area contributed by atoms with Crippen molar-refractivity contribution in [1.29, 1.82) is 0 Å². The van der Waals surface area contributed by atoms with Crippen molar-refractivity contribution in [3.63, 3.8) is 0 Å². The van der Waals surface area contributed by atoms with E-state index in [2.05, 4.69) is 53.4 Å². The molecule has 0 radical (unpaired) electrons. The summed E-state index contributed by atoms with van der Waals surface area (Å²) in [5.41, 5.74) is 4.63. The summed E-state index contributed by atoms with van der Waals surface area (Å²) < 4.78 is 7.60. The molecule has 0 saturated carbocycles. The lowest BCUT2D eigenvalue weighted by Crippen LogP contribution is -2.44. The highest BCUT2D eigenvalue weighted by molar-refractivity contribution is 5.92. The molecule has 6 nitrogen and oxygen atoms in total. The first-order valence-electron chi connectivity index (χ1n) is 10.8. The Bertz CT molecular complexity index is 1000. The van der Waals surface area contributed by atoms with Crippen LogP contribution >= 0.6 is 0 Å². The number of nitrogens with one attached hydrogen (secondary N) is 1. The summed E-state index contributed by atoms with van der Waals surface area (Å²) in [7, 11) is 0. The number of benzene rings is 2. The Balaban J connectivity index is 1.33. The number of carbonyl (C=O) groups is 1. The van der Waals surface area contributed by atoms with Crippen molar-refractivity contribution in [2.45, 2.75) is 46.1 Å². The number of hydrogen-bond acceptors (Lipinski definition) is 4. The number of aryl methyl sites for hydroxylation is 1. The van der Waals surface area contributed by atoms with E-state index < -0.39 is 0 Å². The standard InChI is InChI=1S/C25H30N4O2/c1-18-13-24(27-29(18)23-7-5-4-6-8-23)25(30)26-14-21-9-11-22(12-10-21)17-28-15-19(2)31-20(3)16-28/h4-13,19-20H,14-17H2,1-3H3,(H,26,30). The third-order valence-electron chi connectivity index (χ3n) is 5.50. The number of nitrogens with zero attached hydrogens (tertiary/aromatic N) is 3. The molecule has 3 aromatic rings. The predicted molar refractivity (Wildman–Crippen MR) is 121 cm³/mol. The highest BCUT2D eigenvalue weighted by Crippen LogP contribution is 2.15. The molecule has 2 aromatic carbocycles. The summed E-state index contributed by atoms with van der Waals surface area (Å²) in [6.45, 7) is 9.50. The largest absolute Gasteiger partial charge is 0.373 e. The minimum atomic E-state index is -0.168. The van der Waals surface area contributed by atoms with Gasteiger partial charge in [0.15, 0.2) is 5.69 Å². The van der Waals surface area contributed by atoms with Crippen LogP contribution in [-0.2, 0) is 17.8 Å². The second kappa shape index (κ2) is 9.45. The van der Waals surface area contributed by atoms with Crippen LogP contribution in [0.25, 0.3) is 5.69 Å². The molecular formula is C25H30N4O2. The van der Waals surface area contributed by atoms with Crippen LogP contribution in [-0.4, -0.2) is 45.9 Å². The van der Waals surface area contributed by atoms with Crippen LogP contribution in [0.3, 0.4) is 0 Å². The van der Waals surface area contributed by atoms with Crippen molar-refractivity contribution >= 4 is 5.91 Å². The van der Waals surface area contributed by atoms with E-state index in [4.69, 9.17) is 4.74 Å². The number of hydrogen-bond donors (Lipinski definition) is 1. The Kier molecular flexibility index (Phi) is 6.49. The van der Waals surface area contributed by atoms with Gasteiger partial charge in [-0.05, 0) is 50.1 Å². The van der Waals surface area contributed by atoms with E-state index in [-0.39, 0.29) is 18.1 Å². The van der Waals surface area contributed by atoms with Gasteiger partial charge in [0.25, 0.3) is 5.91 Å². The molecule has 0 aliphatic carbocycles. The van der Waals surface area contributed by atoms with Gasteiger partial charge >= 0.3 is 0 Å². The van der Waals surface area contributed by atoms with E-state index in [0.29, 0.717) is 12.2 Å². The van der Waals surface area contributed by atoms with Crippen LogP contribution < -0.4 is 5.32 Å². The first-order chi connectivity index (χ1) is 15.0. The van der Waals surface area contributed by atoms with Crippen molar-refractivity contribution in [3.05, 3.63) is 83.2 Å². The monoisotopic (exact) mass is 418 g/mol. The summed E-state index contributed by atoms with van der Waals surface area (Å²) in [5.74, 6) is -0.168. The second-order valence-electron chi connectivity index (χ2n) is 8.37. The Morgan fingerprint density at radius 3 is 2.35 bits per heavy atom. The Hall–Kier alpha value is -2.96. The van der Waals surface area contributed by atoms with Crippen LogP contribution in [0.15, 0.2) is 60.7 Å². The van der Waals surface area contributed by atoms with Crippen molar-refractivity contribution in [2.75, 3.05) is 13.1 Å². The van der Waals surface area contributed by atoms with Gasteiger partial charge in [-0.25, -0.2) is 4.68 Å². The summed E-state index contributed by atoms with van der Waals surface area (Å²) >= 11 is 0. The number of amides is 1. The topological polar surface area (TPSA) is 59.4 Å². The van der Waals surface area contributed by atoms with Gasteiger partial charge in [0.1, 0.15) is 0 Å². The predicted octanol–water partition coefficient (Wildman–Crippen LogP) is 3.72. The van der Waals surface area contributed by atoms with Crippen molar-refractivity contribution in [3.8, 4) is 5.69 Å². The van der Waals surface area contributed by atoms with Crippen LogP contribution in [0.1, 0.15) is 41.2 Å². The van der Waals surface area contributed by atoms with Crippen LogP contribution in [0, 0.1) is 6.92 Å². The summed E-state index contributed by atoms with van der Waals surface area (Å²) in [6.07, 6.45) is 0.541. The molecule has 1 amide bonds. The summed E-state index contributed by atoms with van der Waals surface area (Å²) in [5, 5.41) is 7.45. The van der Waals surface area contributed by atoms with Gasteiger partial charge in [-0.1, -0.05) is 42.5 Å². The maximum atomic E-state index is 12.6. The number of carbonyl (C=O) groups excluding carboxylic acids is 1. The summed E-state index contributed by atoms with van der Waals surface area (Å²) in [6, 6.07) is 20.1. The molecule has 2 atom stereocenters. The minimum Gasteiger partial charge on any atom is -0.373 e. The zero-order valence-corrected chi connectivity index (χ0v) is 18.4. The molecular weight excluding hydrogens is 388 g/mol. The average molecular weight is 419 g/mol. The molecule has 4 rings (SSSR count). The van der Waals surface area contributed by atoms with Crippen molar-refractivity contribution in [1.82, 2.24) is 20.0 Å². The fourth-order valence-corrected chi connectivity index (χ4v) is 4.12. The third-order valence-corrected chi connectivity index (χ3v) is 5.50. The van der Waals surface area contributed by atoms with E-state index in [1.807, 2.05) is 43.3 Å². The lowest BCUT2D eigenvalue weighted by molar-refractivity contribution is -0.0704. The highest BCUT2D eigenvalue weighted by Gasteiger charge is 2.22. The molecule has 0 spiro atoms. The Morgan fingerprint density at radius 2 is 1.68 bits per heavy atom. The second-order valence-corrected chi connectivity index (χ2v) is 8.37. The number of ether oxygens (including phenoxy) is 1. The Labute approximate surface area is 183 Å². The SMILES string of the molecule is Cc1cc(C(=O)NCc2ccc(CN3CC(C)OC(C)C3)cc2)nn1-c1ccccc1. The van der Waals surface area contributed by atoms with Gasteiger partial charge in [-0.15, -0.1) is 0 Å². The minimum absolute atomic E-state index is 0.168. The quantitative estimate of drug-likeness (QED) is 0.663. The smallest absolute Gasteiger partial charge is 0.272 e. The zero-order chi connectivity index (χ0) is 21.8. The van der Waals surface area contributed by atoms with E-state index in [1.165, 1.54) is 5.56 Å². The Morgan fingerprint density at radius 1 is 1.03 bits per heavy atom. The highest BCUT2D eigenvalue weighted by atomic mass is 16.5. The third kappa shape index (κ3) is 5.40. The van der Waals surface area contributed by atoms with Crippen LogP contribution in [0.2, 0.25) is 0 Å². The molecule has 1 aliphatic heterocycles. The average Bonchev–Trinajstić information content (AvgIpc) is 3.15. The van der Waals surface area contributed by atoms with Gasteiger partial charge in [-0.3, -0.25) is 9.69 Å². The molecule has 1 saturated heterocycles. The lowest BCUT2D eigenvalue weighted by atomic mass is 10.1. The number of rotatable bonds is 6. The number of morpholine rings is 1. The molecule has 1 aromatic heterocycles. The molecule has 6 heteroatoms. The first-order valence-corrected chi connectivity index (χ1v) is 10.8. The first kappa shape index (κ1) is 21.3. The molecule has 31 heavy (non-hydrogen) atoms. The van der Waals surface area contributed by atoms with Gasteiger partial charge in [0.2, 0.25) is 0 Å². The van der Waals surface area contributed by atoms with Gasteiger partial charge in [-0.2, -0.15) is 5.10 Å². The molecule has 2 unspecified atom stereocenters. The van der Waals surface area contributed by atoms with Gasteiger partial charge in [0, 0.05) is 31.9 Å². The number of para-hydroxylation sites is 1.